The van der Waals surface area contributed by atoms with Gasteiger partial charge in [-0.1, -0.05) is 155 Å². The number of carboxylic acid groups (broad SMARTS) is 4. The Morgan fingerprint density at radius 2 is 0.565 bits per heavy atom. The summed E-state index contributed by atoms with van der Waals surface area (Å²) in [6.45, 7) is 4.45. The van der Waals surface area contributed by atoms with Crippen LogP contribution in [0.5, 0.6) is 0 Å². The van der Waals surface area contributed by atoms with E-state index in [-0.39, 0.29) is 99.5 Å². The topological polar surface area (TPSA) is 161 Å². The maximum absolute atomic E-state index is 10.7. The smallest absolute Gasteiger partial charge is 0.545 e. The van der Waals surface area contributed by atoms with E-state index in [0.29, 0.717) is 25.0 Å². The minimum atomic E-state index is -1.47. The number of unbranched alkanes of at least 4 members (excludes halogenated alkanes) is 22. The molecule has 0 aromatic rings. The van der Waals surface area contributed by atoms with Gasteiger partial charge in [0.05, 0.1) is 23.9 Å². The molecule has 0 aliphatic rings. The molecule has 46 heavy (non-hydrogen) atoms. The summed E-state index contributed by atoms with van der Waals surface area (Å²) in [5, 5.41) is 42.1. The Bertz CT molecular complexity index is 746. The van der Waals surface area contributed by atoms with E-state index >= 15 is 0 Å². The van der Waals surface area contributed by atoms with E-state index in [1.807, 2.05) is 0 Å². The molecule has 0 saturated heterocycles. The van der Waals surface area contributed by atoms with Crippen molar-refractivity contribution < 1.29 is 39.6 Å². The van der Waals surface area contributed by atoms with Gasteiger partial charge in [-0.05, 0) is 49.0 Å². The molecule has 0 aliphatic heterocycles. The number of rotatable bonds is 30. The Morgan fingerprint density at radius 3 is 0.739 bits per heavy atom. The molecule has 0 aliphatic carbocycles. The Kier molecular flexibility index (Phi) is 47.0. The summed E-state index contributed by atoms with van der Waals surface area (Å²) in [6, 6.07) is 0. The van der Waals surface area contributed by atoms with Crippen LogP contribution in [0.25, 0.3) is 0 Å². The first-order chi connectivity index (χ1) is 21.1. The summed E-state index contributed by atoms with van der Waals surface area (Å²) in [7, 11) is 0. The van der Waals surface area contributed by atoms with E-state index in [1.54, 1.807) is 0 Å². The third kappa shape index (κ3) is 41.9. The van der Waals surface area contributed by atoms with Crippen molar-refractivity contribution in [3.8, 4) is 0 Å². The van der Waals surface area contributed by atoms with Crippen LogP contribution in [0.3, 0.4) is 0 Å². The SMILES string of the molecule is CCCCCCCCCCCCCC/C(=C/C(=O)[O-])C(=O)[O-].CCCCCCCCCCCCCC/C(=C/C(=O)[O-])C(=O)[O-].[Ca+2].[Ca+2]. The van der Waals surface area contributed by atoms with Crippen molar-refractivity contribution in [3.63, 3.8) is 0 Å². The molecule has 0 aromatic carbocycles. The molecular formula is C36H60Ca2O8. The Morgan fingerprint density at radius 1 is 0.370 bits per heavy atom. The summed E-state index contributed by atoms with van der Waals surface area (Å²) in [5.74, 6) is -5.77. The van der Waals surface area contributed by atoms with Gasteiger partial charge in [-0.15, -0.1) is 0 Å². The molecular weight excluding hydrogens is 641 g/mol. The number of carboxylic acids is 4. The first-order valence-electron chi connectivity index (χ1n) is 17.4. The van der Waals surface area contributed by atoms with Gasteiger partial charge in [0, 0.05) is 0 Å². The molecule has 0 saturated carbocycles. The molecule has 0 heterocycles. The molecule has 0 fully saturated rings. The molecule has 0 rings (SSSR count). The van der Waals surface area contributed by atoms with Crippen LogP contribution in [0.4, 0.5) is 0 Å². The van der Waals surface area contributed by atoms with Crippen LogP contribution in [-0.2, 0) is 19.2 Å². The first-order valence-corrected chi connectivity index (χ1v) is 17.4. The third-order valence-electron chi connectivity index (χ3n) is 7.71. The Hall–Kier alpha value is -0.121. The summed E-state index contributed by atoms with van der Waals surface area (Å²) < 4.78 is 0. The molecule has 0 radical (unpaired) electrons. The summed E-state index contributed by atoms with van der Waals surface area (Å²) in [6.07, 6.45) is 30.5. The zero-order valence-corrected chi connectivity index (χ0v) is 33.6. The fraction of sp³-hybridized carbons (Fsp3) is 0.778. The average Bonchev–Trinajstić information content (AvgIpc) is 2.96. The second-order valence-corrected chi connectivity index (χ2v) is 11.8. The monoisotopic (exact) mass is 700 g/mol. The normalized spacial score (nSPS) is 11.1. The zero-order chi connectivity index (χ0) is 33.3. The fourth-order valence-electron chi connectivity index (χ4n) is 5.06. The number of aliphatic carboxylic acids is 4. The van der Waals surface area contributed by atoms with E-state index in [0.717, 1.165) is 25.7 Å². The predicted molar refractivity (Wildman–Crippen MR) is 179 cm³/mol. The zero-order valence-electron chi connectivity index (χ0n) is 29.2. The third-order valence-corrected chi connectivity index (χ3v) is 7.71. The van der Waals surface area contributed by atoms with Crippen molar-refractivity contribution in [2.24, 2.45) is 0 Å². The van der Waals surface area contributed by atoms with Crippen molar-refractivity contribution in [3.05, 3.63) is 23.3 Å². The molecule has 0 amide bonds. The van der Waals surface area contributed by atoms with E-state index in [9.17, 15) is 39.6 Å². The molecule has 256 valence electrons. The van der Waals surface area contributed by atoms with Crippen LogP contribution in [0.1, 0.15) is 181 Å². The second-order valence-electron chi connectivity index (χ2n) is 11.8. The summed E-state index contributed by atoms with van der Waals surface area (Å²) >= 11 is 0. The molecule has 0 N–H and O–H groups in total. The molecule has 10 heteroatoms. The molecule has 0 aromatic heterocycles. The maximum atomic E-state index is 10.7. The number of hydrogen-bond acceptors (Lipinski definition) is 8. The minimum absolute atomic E-state index is 0. The van der Waals surface area contributed by atoms with E-state index in [2.05, 4.69) is 13.8 Å². The van der Waals surface area contributed by atoms with Crippen molar-refractivity contribution in [1.29, 1.82) is 0 Å². The Balaban J connectivity index is -0.000000367. The van der Waals surface area contributed by atoms with E-state index < -0.39 is 23.9 Å². The van der Waals surface area contributed by atoms with Gasteiger partial charge >= 0.3 is 75.5 Å². The van der Waals surface area contributed by atoms with Crippen LogP contribution in [0.2, 0.25) is 0 Å². The molecule has 0 unspecified atom stereocenters. The number of carbonyl (C=O) groups is 4. The van der Waals surface area contributed by atoms with Crippen molar-refractivity contribution in [2.75, 3.05) is 0 Å². The van der Waals surface area contributed by atoms with Crippen LogP contribution < -0.4 is 20.4 Å². The van der Waals surface area contributed by atoms with Gasteiger partial charge in [-0.3, -0.25) is 0 Å². The van der Waals surface area contributed by atoms with Crippen LogP contribution in [0.15, 0.2) is 23.3 Å². The molecule has 8 nitrogen and oxygen atoms in total. The van der Waals surface area contributed by atoms with E-state index in [1.165, 1.54) is 116 Å². The van der Waals surface area contributed by atoms with Gasteiger partial charge in [-0.2, -0.15) is 0 Å². The fourth-order valence-corrected chi connectivity index (χ4v) is 5.06. The molecule has 0 bridgehead atoms. The van der Waals surface area contributed by atoms with Gasteiger partial charge in [-0.25, -0.2) is 0 Å². The largest absolute Gasteiger partial charge is 2.00 e. The molecule has 0 spiro atoms. The van der Waals surface area contributed by atoms with E-state index in [4.69, 9.17) is 0 Å². The maximum Gasteiger partial charge on any atom is 2.00 e. The van der Waals surface area contributed by atoms with Crippen molar-refractivity contribution in [2.45, 2.75) is 181 Å². The minimum Gasteiger partial charge on any atom is -0.545 e. The molecule has 0 atom stereocenters. The van der Waals surface area contributed by atoms with Crippen LogP contribution in [0, 0.1) is 0 Å². The van der Waals surface area contributed by atoms with Crippen molar-refractivity contribution >= 4 is 99.4 Å². The second kappa shape index (κ2) is 41.1. The summed E-state index contributed by atoms with van der Waals surface area (Å²) in [4.78, 5) is 42.1. The van der Waals surface area contributed by atoms with Gasteiger partial charge in [0.1, 0.15) is 0 Å². The van der Waals surface area contributed by atoms with Crippen LogP contribution >= 0.6 is 0 Å². The van der Waals surface area contributed by atoms with Gasteiger partial charge in [0.15, 0.2) is 0 Å². The van der Waals surface area contributed by atoms with Crippen LogP contribution in [-0.4, -0.2) is 99.4 Å². The average molecular weight is 701 g/mol. The standard InChI is InChI=1S/2C18H32O4.2Ca/c2*1-2-3-4-5-6-7-8-9-10-11-12-13-14-16(18(21)22)15-17(19)20;;/h2*15H,2-14H2,1H3,(H,19,20)(H,21,22);;/q;;2*+2/p-4/b2*16-15-;;. The summed E-state index contributed by atoms with van der Waals surface area (Å²) in [5.41, 5.74) is -0.348. The quantitative estimate of drug-likeness (QED) is 0.0611. The van der Waals surface area contributed by atoms with Gasteiger partial charge < -0.3 is 39.6 Å². The Labute approximate surface area is 339 Å². The van der Waals surface area contributed by atoms with Gasteiger partial charge in [0.25, 0.3) is 0 Å². The van der Waals surface area contributed by atoms with Crippen molar-refractivity contribution in [1.82, 2.24) is 0 Å². The number of hydrogen-bond donors (Lipinski definition) is 0. The first kappa shape index (κ1) is 52.7. The predicted octanol–water partition coefficient (Wildman–Crippen LogP) is 4.25. The van der Waals surface area contributed by atoms with Gasteiger partial charge in [0.2, 0.25) is 0 Å². The number of carbonyl (C=O) groups excluding carboxylic acids is 4.